The SMILES string of the molecule is CCCC(CCC)NC(=O)c1ccc(SC)cc1O. The summed E-state index contributed by atoms with van der Waals surface area (Å²) in [6.45, 7) is 4.22. The topological polar surface area (TPSA) is 49.3 Å². The first-order valence-electron chi connectivity index (χ1n) is 6.80. The Hall–Kier alpha value is -1.16. The number of hydrogen-bond acceptors (Lipinski definition) is 3. The van der Waals surface area contributed by atoms with Crippen LogP contribution in [0.25, 0.3) is 0 Å². The van der Waals surface area contributed by atoms with Crippen molar-refractivity contribution < 1.29 is 9.90 Å². The molecule has 0 bridgehead atoms. The minimum absolute atomic E-state index is 0.0519. The lowest BCUT2D eigenvalue weighted by atomic mass is 10.1. The summed E-state index contributed by atoms with van der Waals surface area (Å²) < 4.78 is 0. The van der Waals surface area contributed by atoms with E-state index in [0.717, 1.165) is 30.6 Å². The second-order valence-electron chi connectivity index (χ2n) is 4.63. The predicted octanol–water partition coefficient (Wildman–Crippen LogP) is 3.81. The van der Waals surface area contributed by atoms with E-state index < -0.39 is 0 Å². The average Bonchev–Trinajstić information content (AvgIpc) is 2.38. The summed E-state index contributed by atoms with van der Waals surface area (Å²) >= 11 is 1.54. The van der Waals surface area contributed by atoms with Crippen molar-refractivity contribution in [1.82, 2.24) is 5.32 Å². The number of benzene rings is 1. The summed E-state index contributed by atoms with van der Waals surface area (Å²) in [6, 6.07) is 5.37. The largest absolute Gasteiger partial charge is 0.507 e. The maximum absolute atomic E-state index is 12.1. The van der Waals surface area contributed by atoms with Gasteiger partial charge in [0.15, 0.2) is 0 Å². The van der Waals surface area contributed by atoms with Crippen molar-refractivity contribution in [2.24, 2.45) is 0 Å². The molecule has 106 valence electrons. The molecular formula is C15H23NO2S. The molecule has 1 aromatic carbocycles. The van der Waals surface area contributed by atoms with Crippen LogP contribution in [0.1, 0.15) is 49.9 Å². The van der Waals surface area contributed by atoms with Crippen LogP contribution in [0.5, 0.6) is 5.75 Å². The molecule has 1 rings (SSSR count). The van der Waals surface area contributed by atoms with Crippen LogP contribution >= 0.6 is 11.8 Å². The normalized spacial score (nSPS) is 10.7. The fraction of sp³-hybridized carbons (Fsp3) is 0.533. The van der Waals surface area contributed by atoms with Gasteiger partial charge < -0.3 is 10.4 Å². The number of nitrogens with one attached hydrogen (secondary N) is 1. The Morgan fingerprint density at radius 2 is 1.95 bits per heavy atom. The van der Waals surface area contributed by atoms with Gasteiger partial charge in [0, 0.05) is 10.9 Å². The molecule has 0 heterocycles. The summed E-state index contributed by atoms with van der Waals surface area (Å²) in [6.07, 6.45) is 5.98. The first-order chi connectivity index (χ1) is 9.12. The Kier molecular flexibility index (Phi) is 6.78. The predicted molar refractivity (Wildman–Crippen MR) is 81.0 cm³/mol. The second kappa shape index (κ2) is 8.10. The molecule has 0 unspecified atom stereocenters. The Morgan fingerprint density at radius 1 is 1.32 bits per heavy atom. The summed E-state index contributed by atoms with van der Waals surface area (Å²) in [4.78, 5) is 13.1. The summed E-state index contributed by atoms with van der Waals surface area (Å²) in [5.41, 5.74) is 0.356. The fourth-order valence-corrected chi connectivity index (χ4v) is 2.51. The molecule has 0 aromatic heterocycles. The van der Waals surface area contributed by atoms with E-state index in [2.05, 4.69) is 19.2 Å². The molecule has 0 atom stereocenters. The number of rotatable bonds is 7. The number of amides is 1. The minimum atomic E-state index is -0.183. The van der Waals surface area contributed by atoms with Crippen molar-refractivity contribution >= 4 is 17.7 Å². The molecule has 1 aromatic rings. The Labute approximate surface area is 119 Å². The van der Waals surface area contributed by atoms with E-state index in [1.165, 1.54) is 0 Å². The average molecular weight is 281 g/mol. The molecule has 0 aliphatic rings. The molecule has 0 spiro atoms. The van der Waals surface area contributed by atoms with Crippen LogP contribution in [0.2, 0.25) is 0 Å². The molecular weight excluding hydrogens is 258 g/mol. The molecule has 0 fully saturated rings. The van der Waals surface area contributed by atoms with Gasteiger partial charge in [-0.25, -0.2) is 0 Å². The molecule has 0 saturated heterocycles. The number of carbonyl (C=O) groups is 1. The van der Waals surface area contributed by atoms with E-state index in [-0.39, 0.29) is 17.7 Å². The first kappa shape index (κ1) is 15.9. The molecule has 4 heteroatoms. The number of phenols is 1. The van der Waals surface area contributed by atoms with Crippen LogP contribution in [-0.4, -0.2) is 23.3 Å². The lowest BCUT2D eigenvalue weighted by molar-refractivity contribution is 0.0930. The molecule has 0 aliphatic carbocycles. The van der Waals surface area contributed by atoms with E-state index in [1.807, 2.05) is 12.3 Å². The Morgan fingerprint density at radius 3 is 2.42 bits per heavy atom. The lowest BCUT2D eigenvalue weighted by Gasteiger charge is -2.17. The van der Waals surface area contributed by atoms with Gasteiger partial charge >= 0.3 is 0 Å². The van der Waals surface area contributed by atoms with Gasteiger partial charge in [-0.1, -0.05) is 26.7 Å². The van der Waals surface area contributed by atoms with Crippen LogP contribution < -0.4 is 5.32 Å². The van der Waals surface area contributed by atoms with Gasteiger partial charge in [0.05, 0.1) is 5.56 Å². The van der Waals surface area contributed by atoms with Crippen molar-refractivity contribution in [2.45, 2.75) is 50.5 Å². The van der Waals surface area contributed by atoms with Gasteiger partial charge in [-0.2, -0.15) is 0 Å². The summed E-state index contributed by atoms with van der Waals surface area (Å²) in [7, 11) is 0. The van der Waals surface area contributed by atoms with Crippen molar-refractivity contribution in [2.75, 3.05) is 6.26 Å². The zero-order valence-corrected chi connectivity index (χ0v) is 12.7. The third-order valence-electron chi connectivity index (χ3n) is 3.06. The monoisotopic (exact) mass is 281 g/mol. The maximum Gasteiger partial charge on any atom is 0.255 e. The fourth-order valence-electron chi connectivity index (χ4n) is 2.08. The number of thioether (sulfide) groups is 1. The third kappa shape index (κ3) is 4.78. The smallest absolute Gasteiger partial charge is 0.255 e. The first-order valence-corrected chi connectivity index (χ1v) is 8.02. The molecule has 3 nitrogen and oxygen atoms in total. The molecule has 2 N–H and O–H groups in total. The van der Waals surface area contributed by atoms with Crippen molar-refractivity contribution in [1.29, 1.82) is 0 Å². The van der Waals surface area contributed by atoms with Crippen LogP contribution in [0, 0.1) is 0 Å². The number of carbonyl (C=O) groups excluding carboxylic acids is 1. The molecule has 0 aliphatic heterocycles. The highest BCUT2D eigenvalue weighted by Crippen LogP contribution is 2.24. The van der Waals surface area contributed by atoms with Crippen LogP contribution in [0.4, 0.5) is 0 Å². The quantitative estimate of drug-likeness (QED) is 0.747. The van der Waals surface area contributed by atoms with E-state index in [4.69, 9.17) is 0 Å². The zero-order valence-electron chi connectivity index (χ0n) is 11.9. The summed E-state index contributed by atoms with van der Waals surface area (Å²) in [5, 5.41) is 12.9. The highest BCUT2D eigenvalue weighted by Gasteiger charge is 2.15. The van der Waals surface area contributed by atoms with Gasteiger partial charge in [-0.3, -0.25) is 4.79 Å². The zero-order chi connectivity index (χ0) is 14.3. The van der Waals surface area contributed by atoms with E-state index >= 15 is 0 Å². The van der Waals surface area contributed by atoms with Crippen LogP contribution in [0.3, 0.4) is 0 Å². The maximum atomic E-state index is 12.1. The molecule has 0 saturated carbocycles. The Balaban J connectivity index is 2.76. The number of phenolic OH excluding ortho intramolecular Hbond substituents is 1. The summed E-state index contributed by atoms with van der Waals surface area (Å²) in [5.74, 6) is -0.131. The second-order valence-corrected chi connectivity index (χ2v) is 5.51. The highest BCUT2D eigenvalue weighted by atomic mass is 32.2. The number of hydrogen-bond donors (Lipinski definition) is 2. The standard InChI is InChI=1S/C15H23NO2S/c1-4-6-11(7-5-2)16-15(18)13-9-8-12(19-3)10-14(13)17/h8-11,17H,4-7H2,1-3H3,(H,16,18). The van der Waals surface area contributed by atoms with E-state index in [9.17, 15) is 9.90 Å². The van der Waals surface area contributed by atoms with Crippen LogP contribution in [0.15, 0.2) is 23.1 Å². The van der Waals surface area contributed by atoms with Gasteiger partial charge in [-0.15, -0.1) is 11.8 Å². The number of aromatic hydroxyl groups is 1. The van der Waals surface area contributed by atoms with Gasteiger partial charge in [0.2, 0.25) is 0 Å². The lowest BCUT2D eigenvalue weighted by Crippen LogP contribution is -2.34. The third-order valence-corrected chi connectivity index (χ3v) is 3.78. The van der Waals surface area contributed by atoms with Crippen molar-refractivity contribution in [3.63, 3.8) is 0 Å². The van der Waals surface area contributed by atoms with Crippen molar-refractivity contribution in [3.8, 4) is 5.75 Å². The van der Waals surface area contributed by atoms with E-state index in [1.54, 1.807) is 23.9 Å². The minimum Gasteiger partial charge on any atom is -0.507 e. The van der Waals surface area contributed by atoms with Crippen molar-refractivity contribution in [3.05, 3.63) is 23.8 Å². The van der Waals surface area contributed by atoms with Gasteiger partial charge in [0.1, 0.15) is 5.75 Å². The molecule has 0 radical (unpaired) electrons. The van der Waals surface area contributed by atoms with Gasteiger partial charge in [-0.05, 0) is 37.3 Å². The van der Waals surface area contributed by atoms with Crippen LogP contribution in [-0.2, 0) is 0 Å². The van der Waals surface area contributed by atoms with E-state index in [0.29, 0.717) is 5.56 Å². The van der Waals surface area contributed by atoms with Gasteiger partial charge in [0.25, 0.3) is 5.91 Å². The molecule has 19 heavy (non-hydrogen) atoms. The highest BCUT2D eigenvalue weighted by molar-refractivity contribution is 7.98. The molecule has 1 amide bonds. The Bertz CT molecular complexity index is 415.